The van der Waals surface area contributed by atoms with Crippen molar-refractivity contribution in [2.24, 2.45) is 0 Å². The molecule has 1 aliphatic heterocycles. The number of amides is 1. The Kier molecular flexibility index (Phi) is 5.42. The highest BCUT2D eigenvalue weighted by atomic mass is 16.5. The van der Waals surface area contributed by atoms with E-state index < -0.39 is 0 Å². The predicted molar refractivity (Wildman–Crippen MR) is 125 cm³/mol. The molecular weight excluding hydrogens is 418 g/mol. The zero-order chi connectivity index (χ0) is 22.9. The van der Waals surface area contributed by atoms with Crippen molar-refractivity contribution in [2.45, 2.75) is 25.7 Å². The molecule has 8 nitrogen and oxygen atoms in total. The van der Waals surface area contributed by atoms with Crippen LogP contribution in [-0.4, -0.2) is 50.8 Å². The zero-order valence-corrected chi connectivity index (χ0v) is 18.6. The maximum Gasteiger partial charge on any atom is 0.262 e. The Morgan fingerprint density at radius 1 is 1.15 bits per heavy atom. The van der Waals surface area contributed by atoms with E-state index in [-0.39, 0.29) is 17.4 Å². The lowest BCUT2D eigenvalue weighted by Gasteiger charge is -2.32. The number of aromatic amines is 1. The number of para-hydroxylation sites is 1. The van der Waals surface area contributed by atoms with Crippen LogP contribution in [0.15, 0.2) is 59.4 Å². The monoisotopic (exact) mass is 443 g/mol. The number of rotatable bonds is 4. The number of hydrogen-bond donors (Lipinski definition) is 1. The van der Waals surface area contributed by atoms with Gasteiger partial charge in [0.1, 0.15) is 17.0 Å². The van der Waals surface area contributed by atoms with Gasteiger partial charge in [0.25, 0.3) is 11.5 Å². The van der Waals surface area contributed by atoms with E-state index in [0.717, 1.165) is 18.5 Å². The lowest BCUT2D eigenvalue weighted by atomic mass is 9.96. The number of likely N-dealkylation sites (tertiary alicyclic amines) is 1. The fourth-order valence-corrected chi connectivity index (χ4v) is 4.47. The SMILES string of the molecule is COc1cccc(C(=O)N2CCCC(c3nc4c(c(C)nn4-c4ccccc4)c(=O)[nH]3)C2)c1. The van der Waals surface area contributed by atoms with Crippen LogP contribution in [-0.2, 0) is 0 Å². The first-order valence-corrected chi connectivity index (χ1v) is 11.0. The van der Waals surface area contributed by atoms with Crippen molar-refractivity contribution in [3.8, 4) is 11.4 Å². The summed E-state index contributed by atoms with van der Waals surface area (Å²) in [4.78, 5) is 35.7. The van der Waals surface area contributed by atoms with E-state index in [2.05, 4.69) is 10.1 Å². The summed E-state index contributed by atoms with van der Waals surface area (Å²) in [6.45, 7) is 2.97. The number of carbonyl (C=O) groups is 1. The summed E-state index contributed by atoms with van der Waals surface area (Å²) in [5, 5.41) is 5.05. The molecule has 3 heterocycles. The van der Waals surface area contributed by atoms with Crippen LogP contribution in [0, 0.1) is 6.92 Å². The number of aromatic nitrogens is 4. The molecule has 1 unspecified atom stereocenters. The zero-order valence-electron chi connectivity index (χ0n) is 18.6. The molecule has 1 atom stereocenters. The molecule has 1 amide bonds. The van der Waals surface area contributed by atoms with Gasteiger partial charge in [0.15, 0.2) is 5.65 Å². The number of fused-ring (bicyclic) bond motifs is 1. The van der Waals surface area contributed by atoms with Gasteiger partial charge in [-0.25, -0.2) is 9.67 Å². The van der Waals surface area contributed by atoms with Crippen molar-refractivity contribution < 1.29 is 9.53 Å². The first-order chi connectivity index (χ1) is 16.0. The first-order valence-electron chi connectivity index (χ1n) is 11.0. The Labute approximate surface area is 190 Å². The average Bonchev–Trinajstić information content (AvgIpc) is 3.21. The van der Waals surface area contributed by atoms with Crippen molar-refractivity contribution in [3.63, 3.8) is 0 Å². The van der Waals surface area contributed by atoms with Crippen LogP contribution in [0.2, 0.25) is 0 Å². The van der Waals surface area contributed by atoms with Crippen molar-refractivity contribution in [3.05, 3.63) is 82.0 Å². The third-order valence-corrected chi connectivity index (χ3v) is 6.14. The third kappa shape index (κ3) is 3.88. The van der Waals surface area contributed by atoms with Gasteiger partial charge in [-0.2, -0.15) is 5.10 Å². The molecule has 5 rings (SSSR count). The number of ether oxygens (including phenoxy) is 1. The number of nitrogens with zero attached hydrogens (tertiary/aromatic N) is 4. The molecule has 0 spiro atoms. The molecule has 4 aromatic rings. The normalized spacial score (nSPS) is 16.2. The highest BCUT2D eigenvalue weighted by molar-refractivity contribution is 5.94. The molecule has 0 bridgehead atoms. The van der Waals surface area contributed by atoms with Gasteiger partial charge in [0.2, 0.25) is 0 Å². The number of hydrogen-bond acceptors (Lipinski definition) is 5. The van der Waals surface area contributed by atoms with Gasteiger partial charge in [-0.15, -0.1) is 0 Å². The molecule has 2 aromatic heterocycles. The summed E-state index contributed by atoms with van der Waals surface area (Å²) < 4.78 is 6.97. The Morgan fingerprint density at radius 2 is 1.97 bits per heavy atom. The second kappa shape index (κ2) is 8.54. The molecule has 1 saturated heterocycles. The fourth-order valence-electron chi connectivity index (χ4n) is 4.47. The number of nitrogens with one attached hydrogen (secondary N) is 1. The van der Waals surface area contributed by atoms with Crippen LogP contribution in [0.4, 0.5) is 0 Å². The fraction of sp³-hybridized carbons (Fsp3) is 0.280. The van der Waals surface area contributed by atoms with Crippen molar-refractivity contribution in [1.29, 1.82) is 0 Å². The number of aryl methyl sites for hydroxylation is 1. The summed E-state index contributed by atoms with van der Waals surface area (Å²) >= 11 is 0. The highest BCUT2D eigenvalue weighted by Crippen LogP contribution is 2.27. The number of benzene rings is 2. The Hall–Kier alpha value is -3.94. The molecule has 1 N–H and O–H groups in total. The number of piperidine rings is 1. The third-order valence-electron chi connectivity index (χ3n) is 6.14. The number of H-pyrrole nitrogens is 1. The first kappa shape index (κ1) is 20.9. The molecule has 1 fully saturated rings. The van der Waals surface area contributed by atoms with Crippen molar-refractivity contribution in [1.82, 2.24) is 24.6 Å². The van der Waals surface area contributed by atoms with E-state index in [4.69, 9.17) is 9.72 Å². The summed E-state index contributed by atoms with van der Waals surface area (Å²) in [5.74, 6) is 1.13. The van der Waals surface area contributed by atoms with E-state index >= 15 is 0 Å². The Balaban J connectivity index is 1.48. The summed E-state index contributed by atoms with van der Waals surface area (Å²) in [5.41, 5.74) is 2.40. The Bertz CT molecular complexity index is 1380. The average molecular weight is 444 g/mol. The minimum absolute atomic E-state index is 0.0489. The highest BCUT2D eigenvalue weighted by Gasteiger charge is 2.28. The van der Waals surface area contributed by atoms with Crippen molar-refractivity contribution in [2.75, 3.05) is 20.2 Å². The largest absolute Gasteiger partial charge is 0.497 e. The molecule has 8 heteroatoms. The molecule has 168 valence electrons. The minimum Gasteiger partial charge on any atom is -0.497 e. The molecule has 0 aliphatic carbocycles. The van der Waals surface area contributed by atoms with E-state index in [1.54, 1.807) is 23.9 Å². The van der Waals surface area contributed by atoms with E-state index in [9.17, 15) is 9.59 Å². The summed E-state index contributed by atoms with van der Waals surface area (Å²) in [7, 11) is 1.58. The summed E-state index contributed by atoms with van der Waals surface area (Å²) in [6, 6.07) is 16.8. The van der Waals surface area contributed by atoms with Crippen LogP contribution < -0.4 is 10.3 Å². The standard InChI is InChI=1S/C25H25N5O3/c1-16-21-23(30(28-16)19-10-4-3-5-11-19)26-22(27-24(21)31)18-9-7-13-29(15-18)25(32)17-8-6-12-20(14-17)33-2/h3-6,8,10-12,14,18H,7,9,13,15H2,1-2H3,(H,26,27,31). The van der Waals surface area contributed by atoms with E-state index in [0.29, 0.717) is 47.0 Å². The topological polar surface area (TPSA) is 93.1 Å². The number of methoxy groups -OCH3 is 1. The smallest absolute Gasteiger partial charge is 0.262 e. The van der Waals surface area contributed by atoms with Gasteiger partial charge >= 0.3 is 0 Å². The van der Waals surface area contributed by atoms with Crippen LogP contribution in [0.5, 0.6) is 5.75 Å². The number of carbonyl (C=O) groups excluding carboxylic acids is 1. The maximum atomic E-state index is 13.1. The van der Waals surface area contributed by atoms with Gasteiger partial charge in [-0.3, -0.25) is 9.59 Å². The van der Waals surface area contributed by atoms with E-state index in [1.165, 1.54) is 0 Å². The minimum atomic E-state index is -0.203. The van der Waals surface area contributed by atoms with E-state index in [1.807, 2.05) is 54.3 Å². The molecule has 1 aliphatic rings. The molecule has 2 aromatic carbocycles. The maximum absolute atomic E-state index is 13.1. The van der Waals surface area contributed by atoms with Crippen LogP contribution in [0.25, 0.3) is 16.7 Å². The van der Waals surface area contributed by atoms with Gasteiger partial charge in [0.05, 0.1) is 18.5 Å². The van der Waals surface area contributed by atoms with Gasteiger partial charge in [0, 0.05) is 24.6 Å². The molecule has 0 radical (unpaired) electrons. The lowest BCUT2D eigenvalue weighted by molar-refractivity contribution is 0.0704. The quantitative estimate of drug-likeness (QED) is 0.522. The van der Waals surface area contributed by atoms with Crippen LogP contribution in [0.1, 0.15) is 40.6 Å². The summed E-state index contributed by atoms with van der Waals surface area (Å²) in [6.07, 6.45) is 1.67. The van der Waals surface area contributed by atoms with Gasteiger partial charge < -0.3 is 14.6 Å². The second-order valence-corrected chi connectivity index (χ2v) is 8.30. The molecule has 0 saturated carbocycles. The molecule has 33 heavy (non-hydrogen) atoms. The van der Waals surface area contributed by atoms with Crippen LogP contribution >= 0.6 is 0 Å². The van der Waals surface area contributed by atoms with Gasteiger partial charge in [-0.1, -0.05) is 24.3 Å². The second-order valence-electron chi connectivity index (χ2n) is 8.30. The van der Waals surface area contributed by atoms with Crippen molar-refractivity contribution >= 4 is 16.9 Å². The predicted octanol–water partition coefficient (Wildman–Crippen LogP) is 3.45. The van der Waals surface area contributed by atoms with Crippen LogP contribution in [0.3, 0.4) is 0 Å². The lowest BCUT2D eigenvalue weighted by Crippen LogP contribution is -2.40. The Morgan fingerprint density at radius 3 is 2.76 bits per heavy atom. The molecular formula is C25H25N5O3. The van der Waals surface area contributed by atoms with Gasteiger partial charge in [-0.05, 0) is 50.1 Å².